The van der Waals surface area contributed by atoms with Gasteiger partial charge in [0.2, 0.25) is 5.91 Å². The van der Waals surface area contributed by atoms with E-state index in [1.165, 1.54) is 17.6 Å². The fraction of sp³-hybridized carbons (Fsp3) is 0.364. The average Bonchev–Trinajstić information content (AvgIpc) is 3.14. The minimum atomic E-state index is -3.28. The van der Waals surface area contributed by atoms with Crippen molar-refractivity contribution in [3.63, 3.8) is 0 Å². The largest absolute Gasteiger partial charge is 0.381 e. The van der Waals surface area contributed by atoms with Gasteiger partial charge in [-0.2, -0.15) is 0 Å². The summed E-state index contributed by atoms with van der Waals surface area (Å²) in [7, 11) is -3.28. The molecule has 1 fully saturated rings. The van der Waals surface area contributed by atoms with Crippen LogP contribution in [0, 0.1) is 5.92 Å². The quantitative estimate of drug-likeness (QED) is 0.615. The number of hydrogen-bond acceptors (Lipinski definition) is 6. The lowest BCUT2D eigenvalue weighted by molar-refractivity contribution is -0.118. The Morgan fingerprint density at radius 1 is 1.17 bits per heavy atom. The highest BCUT2D eigenvalue weighted by Gasteiger charge is 2.27. The second-order valence-electron chi connectivity index (χ2n) is 7.66. The van der Waals surface area contributed by atoms with Gasteiger partial charge in [-0.25, -0.2) is 13.4 Å². The minimum absolute atomic E-state index is 0.118. The molecule has 1 aliphatic rings. The van der Waals surface area contributed by atoms with Crippen molar-refractivity contribution >= 4 is 42.4 Å². The molecule has 1 aliphatic heterocycles. The Labute approximate surface area is 180 Å². The first-order valence-electron chi connectivity index (χ1n) is 9.94. The third-order valence-electron chi connectivity index (χ3n) is 5.46. The first-order valence-corrected chi connectivity index (χ1v) is 12.6. The van der Waals surface area contributed by atoms with Crippen LogP contribution in [0.15, 0.2) is 53.4 Å². The second-order valence-corrected chi connectivity index (χ2v) is 10.7. The highest BCUT2D eigenvalue weighted by molar-refractivity contribution is 7.90. The maximum Gasteiger partial charge on any atom is 0.233 e. The Kier molecular flexibility index (Phi) is 6.17. The summed E-state index contributed by atoms with van der Waals surface area (Å²) in [6.45, 7) is 1.42. The summed E-state index contributed by atoms with van der Waals surface area (Å²) in [5, 5.41) is 3.56. The van der Waals surface area contributed by atoms with E-state index in [4.69, 9.17) is 4.74 Å². The van der Waals surface area contributed by atoms with Crippen molar-refractivity contribution in [3.8, 4) is 0 Å². The first kappa shape index (κ1) is 21.0. The molecule has 6 nitrogen and oxygen atoms in total. The van der Waals surface area contributed by atoms with Crippen molar-refractivity contribution in [1.29, 1.82) is 0 Å². The number of sulfone groups is 1. The van der Waals surface area contributed by atoms with Crippen LogP contribution in [0.1, 0.15) is 30.7 Å². The zero-order chi connectivity index (χ0) is 21.1. The van der Waals surface area contributed by atoms with Gasteiger partial charge >= 0.3 is 0 Å². The number of thiazole rings is 1. The van der Waals surface area contributed by atoms with Crippen LogP contribution in [-0.4, -0.2) is 38.8 Å². The molecule has 3 aromatic rings. The monoisotopic (exact) mass is 444 g/mol. The van der Waals surface area contributed by atoms with E-state index in [1.807, 2.05) is 24.3 Å². The van der Waals surface area contributed by atoms with E-state index >= 15 is 0 Å². The maximum absolute atomic E-state index is 13.3. The second kappa shape index (κ2) is 8.83. The molecular formula is C22H24N2O4S2. The molecule has 1 amide bonds. The summed E-state index contributed by atoms with van der Waals surface area (Å²) in [4.78, 5) is 18.0. The minimum Gasteiger partial charge on any atom is -0.381 e. The average molecular weight is 445 g/mol. The van der Waals surface area contributed by atoms with Gasteiger partial charge in [0.15, 0.2) is 15.0 Å². The number of nitrogens with one attached hydrogen (secondary N) is 1. The molecule has 2 heterocycles. The molecule has 30 heavy (non-hydrogen) atoms. The van der Waals surface area contributed by atoms with Gasteiger partial charge < -0.3 is 10.1 Å². The lowest BCUT2D eigenvalue weighted by atomic mass is 9.84. The van der Waals surface area contributed by atoms with Crippen molar-refractivity contribution in [1.82, 2.24) is 4.98 Å². The fourth-order valence-electron chi connectivity index (χ4n) is 3.78. The number of carbonyl (C=O) groups excluding carboxylic acids is 1. The van der Waals surface area contributed by atoms with Crippen LogP contribution in [0.25, 0.3) is 10.2 Å². The van der Waals surface area contributed by atoms with Gasteiger partial charge in [0.25, 0.3) is 0 Å². The summed E-state index contributed by atoms with van der Waals surface area (Å²) in [6.07, 6.45) is 3.72. The highest BCUT2D eigenvalue weighted by Crippen LogP contribution is 2.32. The van der Waals surface area contributed by atoms with E-state index in [0.29, 0.717) is 30.7 Å². The van der Waals surface area contributed by atoms with Crippen molar-refractivity contribution in [3.05, 3.63) is 54.1 Å². The zero-order valence-corrected chi connectivity index (χ0v) is 18.3. The van der Waals surface area contributed by atoms with Crippen LogP contribution in [0.3, 0.4) is 0 Å². The van der Waals surface area contributed by atoms with Gasteiger partial charge in [-0.05, 0) is 55.0 Å². The molecule has 1 N–H and O–H groups in total. The van der Waals surface area contributed by atoms with E-state index in [2.05, 4.69) is 10.3 Å². The van der Waals surface area contributed by atoms with E-state index in [-0.39, 0.29) is 16.7 Å². The SMILES string of the molecule is CS(=O)(=O)c1ccc(C(CC2CCOCC2)C(=O)Nc2nc3ccccc3s2)cc1. The Morgan fingerprint density at radius 2 is 1.87 bits per heavy atom. The van der Waals surface area contributed by atoms with Crippen LogP contribution >= 0.6 is 11.3 Å². The van der Waals surface area contributed by atoms with E-state index in [0.717, 1.165) is 28.6 Å². The van der Waals surface area contributed by atoms with Crippen molar-refractivity contribution < 1.29 is 17.9 Å². The predicted molar refractivity (Wildman–Crippen MR) is 119 cm³/mol. The molecule has 1 atom stereocenters. The summed E-state index contributed by atoms with van der Waals surface area (Å²) in [6, 6.07) is 14.4. The van der Waals surface area contributed by atoms with Gasteiger partial charge in [-0.15, -0.1) is 0 Å². The lowest BCUT2D eigenvalue weighted by Gasteiger charge is -2.26. The van der Waals surface area contributed by atoms with Crippen LogP contribution in [0.5, 0.6) is 0 Å². The smallest absolute Gasteiger partial charge is 0.233 e. The number of para-hydroxylation sites is 1. The number of aromatic nitrogens is 1. The van der Waals surface area contributed by atoms with Crippen LogP contribution in [-0.2, 0) is 19.4 Å². The van der Waals surface area contributed by atoms with Gasteiger partial charge in [0, 0.05) is 19.5 Å². The third-order valence-corrected chi connectivity index (χ3v) is 7.54. The molecule has 0 saturated carbocycles. The van der Waals surface area contributed by atoms with Crippen LogP contribution in [0.4, 0.5) is 5.13 Å². The third kappa shape index (κ3) is 4.88. The number of rotatable bonds is 6. The topological polar surface area (TPSA) is 85.4 Å². The number of hydrogen-bond donors (Lipinski definition) is 1. The van der Waals surface area contributed by atoms with Crippen molar-refractivity contribution in [2.24, 2.45) is 5.92 Å². The van der Waals surface area contributed by atoms with Crippen molar-refractivity contribution in [2.45, 2.75) is 30.1 Å². The van der Waals surface area contributed by atoms with Gasteiger partial charge in [0.05, 0.1) is 21.0 Å². The Balaban J connectivity index is 1.59. The van der Waals surface area contributed by atoms with Gasteiger partial charge in [-0.3, -0.25) is 4.79 Å². The van der Waals surface area contributed by atoms with Crippen LogP contribution < -0.4 is 5.32 Å². The molecule has 0 aliphatic carbocycles. The summed E-state index contributed by atoms with van der Waals surface area (Å²) < 4.78 is 30.1. The Morgan fingerprint density at radius 3 is 2.53 bits per heavy atom. The number of anilines is 1. The molecule has 0 radical (unpaired) electrons. The molecule has 1 aromatic heterocycles. The van der Waals surface area contributed by atoms with E-state index < -0.39 is 9.84 Å². The number of fused-ring (bicyclic) bond motifs is 1. The molecule has 1 saturated heterocycles. The lowest BCUT2D eigenvalue weighted by Crippen LogP contribution is -2.26. The number of benzene rings is 2. The normalized spacial score (nSPS) is 16.4. The van der Waals surface area contributed by atoms with Gasteiger partial charge in [0.1, 0.15) is 0 Å². The molecule has 158 valence electrons. The highest BCUT2D eigenvalue weighted by atomic mass is 32.2. The zero-order valence-electron chi connectivity index (χ0n) is 16.7. The van der Waals surface area contributed by atoms with Crippen LogP contribution in [0.2, 0.25) is 0 Å². The number of carbonyl (C=O) groups is 1. The van der Waals surface area contributed by atoms with Crippen molar-refractivity contribution in [2.75, 3.05) is 24.8 Å². The first-order chi connectivity index (χ1) is 14.4. The van der Waals surface area contributed by atoms with E-state index in [1.54, 1.807) is 24.3 Å². The Hall–Kier alpha value is -2.29. The molecule has 2 aromatic carbocycles. The summed E-state index contributed by atoms with van der Waals surface area (Å²) in [5.41, 5.74) is 1.67. The Bertz CT molecular complexity index is 1100. The summed E-state index contributed by atoms with van der Waals surface area (Å²) in [5.74, 6) is -0.110. The standard InChI is InChI=1S/C22H24N2O4S2/c1-30(26,27)17-8-6-16(7-9-17)18(14-15-10-12-28-13-11-15)21(25)24-22-23-19-4-2-3-5-20(19)29-22/h2-9,15,18H,10-14H2,1H3,(H,23,24,25). The fourth-order valence-corrected chi connectivity index (χ4v) is 5.27. The molecule has 0 bridgehead atoms. The summed E-state index contributed by atoms with van der Waals surface area (Å²) >= 11 is 1.45. The maximum atomic E-state index is 13.3. The number of ether oxygens (including phenoxy) is 1. The number of nitrogens with zero attached hydrogens (tertiary/aromatic N) is 1. The van der Waals surface area contributed by atoms with Gasteiger partial charge in [-0.1, -0.05) is 35.6 Å². The molecule has 4 rings (SSSR count). The number of amides is 1. The molecule has 8 heteroatoms. The molecule has 0 spiro atoms. The molecule has 1 unspecified atom stereocenters. The molecular weight excluding hydrogens is 420 g/mol. The predicted octanol–water partition coefficient (Wildman–Crippen LogP) is 4.24. The van der Waals surface area contributed by atoms with E-state index in [9.17, 15) is 13.2 Å².